The summed E-state index contributed by atoms with van der Waals surface area (Å²) in [5, 5.41) is -1.20. The van der Waals surface area contributed by atoms with E-state index in [1.54, 1.807) is 0 Å². The fourth-order valence-corrected chi connectivity index (χ4v) is 6.29. The molecule has 2 heterocycles. The van der Waals surface area contributed by atoms with Crippen molar-refractivity contribution in [1.29, 1.82) is 0 Å². The van der Waals surface area contributed by atoms with Gasteiger partial charge in [-0.2, -0.15) is 4.90 Å². The van der Waals surface area contributed by atoms with E-state index in [4.69, 9.17) is 9.47 Å². The number of hydrogen-bond acceptors (Lipinski definition) is 7. The Morgan fingerprint density at radius 2 is 1.36 bits per heavy atom. The molecule has 0 N–H and O–H groups in total. The minimum atomic E-state index is -0.854. The summed E-state index contributed by atoms with van der Waals surface area (Å²) >= 11 is 0.885. The van der Waals surface area contributed by atoms with Gasteiger partial charge in [0.25, 0.3) is 11.1 Å². The van der Waals surface area contributed by atoms with Crippen molar-refractivity contribution in [3.63, 3.8) is 0 Å². The number of aryl methyl sites for hydroxylation is 1. The number of aromatic nitrogens is 1. The Morgan fingerprint density at radius 1 is 0.773 bits per heavy atom. The van der Waals surface area contributed by atoms with Gasteiger partial charge in [0.1, 0.15) is 5.75 Å². The molecule has 242 valence electrons. The summed E-state index contributed by atoms with van der Waals surface area (Å²) in [7, 11) is 0. The Balaban J connectivity index is 1.24. The SMILES string of the molecule is CCCCCCCCCCCCCCCCOC(=O)N1C(=O)SC(Cc2ccc(OCCc3ccc(CC)cn3)cc2)C1=O. The first-order valence-corrected chi connectivity index (χ1v) is 17.8. The Morgan fingerprint density at radius 3 is 1.93 bits per heavy atom. The molecule has 1 atom stereocenters. The number of carbonyl (C=O) groups is 3. The van der Waals surface area contributed by atoms with E-state index in [-0.39, 0.29) is 6.61 Å². The van der Waals surface area contributed by atoms with Crippen molar-refractivity contribution < 1.29 is 23.9 Å². The number of unbranched alkanes of at least 4 members (excludes halogenated alkanes) is 13. The number of nitrogens with zero attached hydrogens (tertiary/aromatic N) is 2. The third-order valence-electron chi connectivity index (χ3n) is 8.09. The van der Waals surface area contributed by atoms with Crippen LogP contribution >= 0.6 is 11.8 Å². The van der Waals surface area contributed by atoms with Crippen LogP contribution < -0.4 is 4.74 Å². The topological polar surface area (TPSA) is 85.8 Å². The molecule has 0 saturated carbocycles. The van der Waals surface area contributed by atoms with Gasteiger partial charge in [-0.15, -0.1) is 0 Å². The van der Waals surface area contributed by atoms with Crippen LogP contribution in [-0.2, 0) is 28.8 Å². The van der Waals surface area contributed by atoms with Crippen LogP contribution in [0.15, 0.2) is 42.6 Å². The van der Waals surface area contributed by atoms with Crippen LogP contribution in [0.1, 0.15) is 121 Å². The lowest BCUT2D eigenvalue weighted by Gasteiger charge is -2.13. The summed E-state index contributed by atoms with van der Waals surface area (Å²) in [6.45, 7) is 5.10. The molecule has 1 aliphatic heterocycles. The Hall–Kier alpha value is -2.87. The van der Waals surface area contributed by atoms with E-state index in [2.05, 4.69) is 24.9 Å². The summed E-state index contributed by atoms with van der Waals surface area (Å²) in [4.78, 5) is 42.9. The van der Waals surface area contributed by atoms with Gasteiger partial charge in [0.2, 0.25) is 0 Å². The molecule has 8 heteroatoms. The predicted molar refractivity (Wildman–Crippen MR) is 178 cm³/mol. The molecular formula is C36H52N2O5S. The van der Waals surface area contributed by atoms with Crippen LogP contribution in [0.3, 0.4) is 0 Å². The molecule has 1 aliphatic rings. The number of amides is 3. The smallest absolute Gasteiger partial charge is 0.424 e. The quantitative estimate of drug-likeness (QED) is 0.121. The number of carbonyl (C=O) groups excluding carboxylic acids is 3. The second-order valence-corrected chi connectivity index (χ2v) is 12.9. The summed E-state index contributed by atoms with van der Waals surface area (Å²) < 4.78 is 11.1. The molecule has 1 aromatic carbocycles. The van der Waals surface area contributed by atoms with Gasteiger partial charge in [0.05, 0.1) is 18.5 Å². The average molecular weight is 625 g/mol. The van der Waals surface area contributed by atoms with E-state index in [0.717, 1.165) is 54.5 Å². The van der Waals surface area contributed by atoms with Crippen LogP contribution in [0.25, 0.3) is 0 Å². The molecule has 0 radical (unpaired) electrons. The molecule has 7 nitrogen and oxygen atoms in total. The van der Waals surface area contributed by atoms with Crippen molar-refractivity contribution in [2.45, 2.75) is 128 Å². The van der Waals surface area contributed by atoms with Gasteiger partial charge in [0.15, 0.2) is 0 Å². The first-order chi connectivity index (χ1) is 21.5. The number of ether oxygens (including phenoxy) is 2. The van der Waals surface area contributed by atoms with Crippen molar-refractivity contribution in [3.05, 3.63) is 59.4 Å². The van der Waals surface area contributed by atoms with Gasteiger partial charge in [-0.3, -0.25) is 14.6 Å². The maximum Gasteiger partial charge on any atom is 0.424 e. The standard InChI is InChI=1S/C36H52N2O5S/c1-3-5-6-7-8-9-10-11-12-13-14-15-16-17-25-43-35(40)38-34(39)33(44-36(38)41)27-30-19-22-32(23-20-30)42-26-24-31-21-18-29(4-2)28-37-31/h18-23,28,33H,3-17,24-27H2,1-2H3. The van der Waals surface area contributed by atoms with Gasteiger partial charge < -0.3 is 9.47 Å². The van der Waals surface area contributed by atoms with E-state index < -0.39 is 22.5 Å². The molecule has 3 amide bonds. The highest BCUT2D eigenvalue weighted by Gasteiger charge is 2.44. The lowest BCUT2D eigenvalue weighted by atomic mass is 10.0. The van der Waals surface area contributed by atoms with Gasteiger partial charge in [-0.25, -0.2) is 4.79 Å². The lowest BCUT2D eigenvalue weighted by molar-refractivity contribution is -0.125. The van der Waals surface area contributed by atoms with Crippen molar-refractivity contribution in [2.24, 2.45) is 0 Å². The molecule has 1 aromatic heterocycles. The fraction of sp³-hybridized carbons (Fsp3) is 0.611. The monoisotopic (exact) mass is 624 g/mol. The Labute approximate surface area is 268 Å². The van der Waals surface area contributed by atoms with E-state index >= 15 is 0 Å². The first-order valence-electron chi connectivity index (χ1n) is 16.9. The molecular weight excluding hydrogens is 572 g/mol. The summed E-state index contributed by atoms with van der Waals surface area (Å²) in [5.74, 6) is 0.224. The Bertz CT molecular complexity index is 1120. The Kier molecular flexibility index (Phi) is 17.0. The normalized spacial score (nSPS) is 14.8. The van der Waals surface area contributed by atoms with Gasteiger partial charge in [-0.05, 0) is 60.4 Å². The minimum Gasteiger partial charge on any atom is -0.493 e. The van der Waals surface area contributed by atoms with Crippen molar-refractivity contribution >= 4 is 29.0 Å². The maximum atomic E-state index is 12.9. The number of rotatable bonds is 22. The molecule has 2 aromatic rings. The molecule has 1 fully saturated rings. The lowest BCUT2D eigenvalue weighted by Crippen LogP contribution is -2.38. The number of imide groups is 3. The van der Waals surface area contributed by atoms with Crippen LogP contribution in [-0.4, -0.2) is 45.6 Å². The predicted octanol–water partition coefficient (Wildman–Crippen LogP) is 9.49. The van der Waals surface area contributed by atoms with Crippen LogP contribution in [0.5, 0.6) is 5.75 Å². The van der Waals surface area contributed by atoms with Crippen molar-refractivity contribution in [2.75, 3.05) is 13.2 Å². The minimum absolute atomic E-state index is 0.227. The second-order valence-electron chi connectivity index (χ2n) is 11.7. The summed E-state index contributed by atoms with van der Waals surface area (Å²) in [5.41, 5.74) is 3.10. The highest BCUT2D eigenvalue weighted by atomic mass is 32.2. The number of pyridine rings is 1. The maximum absolute atomic E-state index is 12.9. The van der Waals surface area contributed by atoms with Crippen molar-refractivity contribution in [1.82, 2.24) is 9.88 Å². The zero-order valence-corrected chi connectivity index (χ0v) is 27.7. The van der Waals surface area contributed by atoms with Gasteiger partial charge in [-0.1, -0.05) is 116 Å². The molecule has 3 rings (SSSR count). The fourth-order valence-electron chi connectivity index (χ4n) is 5.29. The summed E-state index contributed by atoms with van der Waals surface area (Å²) in [6, 6.07) is 11.6. The van der Waals surface area contributed by atoms with Crippen LogP contribution in [0, 0.1) is 0 Å². The summed E-state index contributed by atoms with van der Waals surface area (Å²) in [6.07, 6.45) is 20.5. The highest BCUT2D eigenvalue weighted by molar-refractivity contribution is 8.15. The molecule has 0 bridgehead atoms. The van der Waals surface area contributed by atoms with Crippen LogP contribution in [0.2, 0.25) is 0 Å². The third-order valence-corrected chi connectivity index (χ3v) is 9.13. The molecule has 0 spiro atoms. The second kappa shape index (κ2) is 21.0. The molecule has 1 saturated heterocycles. The highest BCUT2D eigenvalue weighted by Crippen LogP contribution is 2.30. The molecule has 44 heavy (non-hydrogen) atoms. The van der Waals surface area contributed by atoms with E-state index in [0.29, 0.717) is 24.3 Å². The number of thioether (sulfide) groups is 1. The molecule has 1 unspecified atom stereocenters. The van der Waals surface area contributed by atoms with E-state index in [1.165, 1.54) is 76.2 Å². The zero-order valence-electron chi connectivity index (χ0n) is 26.9. The van der Waals surface area contributed by atoms with E-state index in [1.807, 2.05) is 36.5 Å². The number of hydrogen-bond donors (Lipinski definition) is 0. The first kappa shape index (κ1) is 35.6. The van der Waals surface area contributed by atoms with Gasteiger partial charge >= 0.3 is 6.09 Å². The number of benzene rings is 1. The zero-order chi connectivity index (χ0) is 31.4. The van der Waals surface area contributed by atoms with E-state index in [9.17, 15) is 14.4 Å². The van der Waals surface area contributed by atoms with Crippen molar-refractivity contribution in [3.8, 4) is 5.75 Å². The molecule has 0 aliphatic carbocycles. The third kappa shape index (κ3) is 13.0. The van der Waals surface area contributed by atoms with Gasteiger partial charge in [0, 0.05) is 18.3 Å². The average Bonchev–Trinajstić information content (AvgIpc) is 3.32. The largest absolute Gasteiger partial charge is 0.493 e. The van der Waals surface area contributed by atoms with Crippen LogP contribution in [0.4, 0.5) is 9.59 Å².